The summed E-state index contributed by atoms with van der Waals surface area (Å²) in [7, 11) is -10.6. The standard InChI is InChI=1S/C10H15FN2O11P2/c1-10(11)7(15)5(4-22-26(20,21)24-25(17,18)19)23-8(10)13-3-2-6(14)12-9(13)16/h2-3,5,7-8,15H,4H2,1H3,(H,20,21)(H,12,14,16)(H2,17,18,19)/t5-,7-,8-,10-/m1/s1. The second-order valence-corrected chi connectivity index (χ2v) is 8.31. The smallest absolute Gasteiger partial charge is 0.387 e. The molecule has 0 bridgehead atoms. The van der Waals surface area contributed by atoms with Crippen LogP contribution in [-0.4, -0.2) is 53.8 Å². The van der Waals surface area contributed by atoms with Gasteiger partial charge in [0.2, 0.25) is 0 Å². The van der Waals surface area contributed by atoms with E-state index in [1.54, 1.807) is 0 Å². The van der Waals surface area contributed by atoms with Gasteiger partial charge in [0.15, 0.2) is 11.9 Å². The first-order chi connectivity index (χ1) is 11.7. The van der Waals surface area contributed by atoms with E-state index in [2.05, 4.69) is 8.83 Å². The molecule has 1 fully saturated rings. The predicted octanol–water partition coefficient (Wildman–Crippen LogP) is -1.25. The average molecular weight is 420 g/mol. The zero-order valence-corrected chi connectivity index (χ0v) is 14.7. The van der Waals surface area contributed by atoms with Crippen molar-refractivity contribution in [2.45, 2.75) is 31.0 Å². The Morgan fingerprint density at radius 1 is 1.38 bits per heavy atom. The van der Waals surface area contributed by atoms with Crippen LogP contribution in [0.15, 0.2) is 21.9 Å². The van der Waals surface area contributed by atoms with E-state index in [0.717, 1.165) is 19.2 Å². The van der Waals surface area contributed by atoms with Gasteiger partial charge in [-0.1, -0.05) is 0 Å². The molecule has 0 aromatic carbocycles. The SMILES string of the molecule is C[C@@]1(F)[C@H](O)[C@@H](COP(=O)(O)OP(=O)(O)O)O[C@H]1n1ccc(=O)[nH]c1=O. The first-order valence-electron chi connectivity index (χ1n) is 6.81. The van der Waals surface area contributed by atoms with Crippen molar-refractivity contribution in [2.24, 2.45) is 0 Å². The van der Waals surface area contributed by atoms with E-state index in [1.807, 2.05) is 4.98 Å². The summed E-state index contributed by atoms with van der Waals surface area (Å²) in [6, 6.07) is 0.910. The molecule has 0 radical (unpaired) electrons. The van der Waals surface area contributed by atoms with Crippen molar-refractivity contribution in [1.82, 2.24) is 9.55 Å². The average Bonchev–Trinajstić information content (AvgIpc) is 2.66. The van der Waals surface area contributed by atoms with Crippen molar-refractivity contribution >= 4 is 15.6 Å². The van der Waals surface area contributed by atoms with E-state index in [4.69, 9.17) is 14.5 Å². The fourth-order valence-electron chi connectivity index (χ4n) is 2.29. The molecule has 148 valence electrons. The van der Waals surface area contributed by atoms with Gasteiger partial charge in [0.05, 0.1) is 6.61 Å². The van der Waals surface area contributed by atoms with Crippen LogP contribution in [0.4, 0.5) is 4.39 Å². The summed E-state index contributed by atoms with van der Waals surface area (Å²) >= 11 is 0. The Morgan fingerprint density at radius 2 is 2.00 bits per heavy atom. The third kappa shape index (κ3) is 4.74. The van der Waals surface area contributed by atoms with Crippen LogP contribution in [0.3, 0.4) is 0 Å². The van der Waals surface area contributed by atoms with Gasteiger partial charge in [0, 0.05) is 12.3 Å². The summed E-state index contributed by atoms with van der Waals surface area (Å²) < 4.78 is 50.4. The number of phosphoric ester groups is 1. The summed E-state index contributed by atoms with van der Waals surface area (Å²) in [6.45, 7) is -0.117. The van der Waals surface area contributed by atoms with Crippen LogP contribution in [-0.2, 0) is 22.7 Å². The number of halogens is 1. The Hall–Kier alpha value is -1.21. The lowest BCUT2D eigenvalue weighted by molar-refractivity contribution is -0.0604. The monoisotopic (exact) mass is 420 g/mol. The normalized spacial score (nSPS) is 31.7. The molecule has 1 aromatic rings. The lowest BCUT2D eigenvalue weighted by atomic mass is 9.98. The predicted molar refractivity (Wildman–Crippen MR) is 79.7 cm³/mol. The van der Waals surface area contributed by atoms with Gasteiger partial charge in [-0.05, 0) is 6.92 Å². The fraction of sp³-hybridized carbons (Fsp3) is 0.600. The number of nitrogens with zero attached hydrogens (tertiary/aromatic N) is 1. The van der Waals surface area contributed by atoms with E-state index in [-0.39, 0.29) is 0 Å². The molecule has 0 saturated carbocycles. The second kappa shape index (κ2) is 7.08. The molecular weight excluding hydrogens is 405 g/mol. The Balaban J connectivity index is 2.18. The molecule has 0 aliphatic carbocycles. The Kier molecular flexibility index (Phi) is 5.74. The van der Waals surface area contributed by atoms with Crippen molar-refractivity contribution in [3.8, 4) is 0 Å². The van der Waals surface area contributed by atoms with E-state index >= 15 is 0 Å². The van der Waals surface area contributed by atoms with Gasteiger partial charge in [-0.2, -0.15) is 4.31 Å². The molecule has 1 unspecified atom stereocenters. The minimum atomic E-state index is -5.36. The Bertz CT molecular complexity index is 876. The summed E-state index contributed by atoms with van der Waals surface area (Å²) in [5.41, 5.74) is -4.36. The molecule has 0 spiro atoms. The topological polar surface area (TPSA) is 198 Å². The number of hydrogen-bond acceptors (Lipinski definition) is 8. The first kappa shape index (κ1) is 21.1. The minimum Gasteiger partial charge on any atom is -0.387 e. The van der Waals surface area contributed by atoms with Crippen molar-refractivity contribution in [3.05, 3.63) is 33.1 Å². The molecule has 2 rings (SSSR count). The highest BCUT2D eigenvalue weighted by Gasteiger charge is 2.55. The second-order valence-electron chi connectivity index (χ2n) is 5.48. The van der Waals surface area contributed by atoms with Crippen LogP contribution < -0.4 is 11.2 Å². The molecule has 5 atom stereocenters. The van der Waals surface area contributed by atoms with Crippen LogP contribution >= 0.6 is 15.6 Å². The van der Waals surface area contributed by atoms with E-state index < -0.39 is 57.6 Å². The Morgan fingerprint density at radius 3 is 2.54 bits per heavy atom. The number of aromatic nitrogens is 2. The van der Waals surface area contributed by atoms with Crippen molar-refractivity contribution in [2.75, 3.05) is 6.61 Å². The maximum absolute atomic E-state index is 14.8. The number of aliphatic hydroxyl groups is 1. The first-order valence-corrected chi connectivity index (χ1v) is 9.84. The molecule has 26 heavy (non-hydrogen) atoms. The largest absolute Gasteiger partial charge is 0.481 e. The molecule has 2 heterocycles. The molecule has 0 amide bonds. The molecule has 1 aliphatic rings. The Labute approximate surface area is 143 Å². The van der Waals surface area contributed by atoms with Gasteiger partial charge in [-0.25, -0.2) is 18.3 Å². The van der Waals surface area contributed by atoms with E-state index in [0.29, 0.717) is 4.57 Å². The fourth-order valence-corrected chi connectivity index (χ4v) is 3.89. The molecule has 16 heteroatoms. The zero-order chi connectivity index (χ0) is 19.9. The lowest BCUT2D eigenvalue weighted by Gasteiger charge is -2.24. The van der Waals surface area contributed by atoms with Crippen LogP contribution in [0.1, 0.15) is 13.2 Å². The number of phosphoric acid groups is 2. The van der Waals surface area contributed by atoms with Crippen LogP contribution in [0.5, 0.6) is 0 Å². The van der Waals surface area contributed by atoms with Crippen molar-refractivity contribution in [3.63, 3.8) is 0 Å². The summed E-state index contributed by atoms with van der Waals surface area (Å²) in [5.74, 6) is 0. The number of H-pyrrole nitrogens is 1. The molecule has 1 saturated heterocycles. The molecular formula is C10H15FN2O11P2. The third-order valence-corrected chi connectivity index (χ3v) is 5.58. The number of hydrogen-bond donors (Lipinski definition) is 5. The minimum absolute atomic E-state index is 0.648. The molecule has 1 aromatic heterocycles. The van der Waals surface area contributed by atoms with Crippen molar-refractivity contribution < 1.29 is 46.9 Å². The van der Waals surface area contributed by atoms with E-state index in [1.165, 1.54) is 0 Å². The van der Waals surface area contributed by atoms with Gasteiger partial charge in [0.1, 0.15) is 12.2 Å². The number of ether oxygens (including phenoxy) is 1. The zero-order valence-electron chi connectivity index (χ0n) is 13.0. The number of rotatable bonds is 6. The van der Waals surface area contributed by atoms with Gasteiger partial charge in [-0.15, -0.1) is 0 Å². The quantitative estimate of drug-likeness (QED) is 0.345. The van der Waals surface area contributed by atoms with Crippen LogP contribution in [0.25, 0.3) is 0 Å². The maximum atomic E-state index is 14.8. The summed E-state index contributed by atoms with van der Waals surface area (Å²) in [6.07, 6.45) is -4.36. The van der Waals surface area contributed by atoms with Crippen molar-refractivity contribution in [1.29, 1.82) is 0 Å². The summed E-state index contributed by atoms with van der Waals surface area (Å²) in [4.78, 5) is 50.9. The van der Waals surface area contributed by atoms with Gasteiger partial charge < -0.3 is 24.5 Å². The number of aromatic amines is 1. The number of nitrogens with one attached hydrogen (secondary N) is 1. The third-order valence-electron chi connectivity index (χ3n) is 3.43. The number of alkyl halides is 1. The van der Waals surface area contributed by atoms with Crippen LogP contribution in [0.2, 0.25) is 0 Å². The van der Waals surface area contributed by atoms with Gasteiger partial charge in [-0.3, -0.25) is 18.9 Å². The highest BCUT2D eigenvalue weighted by Crippen LogP contribution is 2.58. The molecule has 1 aliphatic heterocycles. The lowest BCUT2D eigenvalue weighted by Crippen LogP contribution is -2.43. The highest BCUT2D eigenvalue weighted by atomic mass is 31.3. The maximum Gasteiger partial charge on any atom is 0.481 e. The highest BCUT2D eigenvalue weighted by molar-refractivity contribution is 7.60. The van der Waals surface area contributed by atoms with Gasteiger partial charge in [0.25, 0.3) is 5.56 Å². The molecule has 5 N–H and O–H groups in total. The van der Waals surface area contributed by atoms with Gasteiger partial charge >= 0.3 is 21.3 Å². The van der Waals surface area contributed by atoms with E-state index in [9.17, 15) is 33.1 Å². The van der Waals surface area contributed by atoms with Crippen LogP contribution in [0, 0.1) is 0 Å². The number of aliphatic hydroxyl groups excluding tert-OH is 1. The summed E-state index contributed by atoms with van der Waals surface area (Å²) in [5, 5.41) is 9.99. The molecule has 13 nitrogen and oxygen atoms in total.